The quantitative estimate of drug-likeness (QED) is 0.395. The fourth-order valence-electron chi connectivity index (χ4n) is 4.43. The Morgan fingerprint density at radius 3 is 2.77 bits per heavy atom. The highest BCUT2D eigenvalue weighted by molar-refractivity contribution is 5.94. The lowest BCUT2D eigenvalue weighted by Crippen LogP contribution is -2.39. The zero-order valence-corrected chi connectivity index (χ0v) is 19.6. The predicted octanol–water partition coefficient (Wildman–Crippen LogP) is 4.54. The van der Waals surface area contributed by atoms with E-state index >= 15 is 0 Å². The van der Waals surface area contributed by atoms with Gasteiger partial charge < -0.3 is 18.9 Å². The number of nitrogens with zero attached hydrogens (tertiary/aromatic N) is 5. The minimum atomic E-state index is 0.0290. The fourth-order valence-corrected chi connectivity index (χ4v) is 4.43. The van der Waals surface area contributed by atoms with Crippen LogP contribution in [-0.4, -0.2) is 50.5 Å². The standard InChI is InChI=1S/C27H27N5O3/c1-34-23-8-3-9-24(16-23)35-26-25(29-10-11-30-26)22-7-4-13-32(18-22)27(33)21-6-2-5-20(15-21)17-31-14-12-28-19-31/h2-3,5-6,8-12,14-16,19,22H,4,7,13,17-18H2,1H3. The van der Waals surface area contributed by atoms with Crippen LogP contribution in [0.15, 0.2) is 79.6 Å². The molecule has 8 nitrogen and oxygen atoms in total. The first-order valence-electron chi connectivity index (χ1n) is 11.7. The van der Waals surface area contributed by atoms with Gasteiger partial charge in [-0.2, -0.15) is 0 Å². The van der Waals surface area contributed by atoms with Crippen molar-refractivity contribution in [2.24, 2.45) is 0 Å². The van der Waals surface area contributed by atoms with Crippen LogP contribution in [0.25, 0.3) is 0 Å². The van der Waals surface area contributed by atoms with E-state index in [0.29, 0.717) is 42.6 Å². The van der Waals surface area contributed by atoms with Gasteiger partial charge >= 0.3 is 0 Å². The van der Waals surface area contributed by atoms with Gasteiger partial charge in [-0.05, 0) is 42.7 Å². The number of imidazole rings is 1. The zero-order chi connectivity index (χ0) is 24.0. The maximum Gasteiger partial charge on any atom is 0.253 e. The number of amides is 1. The lowest BCUT2D eigenvalue weighted by atomic mass is 9.94. The van der Waals surface area contributed by atoms with E-state index in [1.54, 1.807) is 32.0 Å². The molecule has 1 amide bonds. The molecule has 8 heteroatoms. The predicted molar refractivity (Wildman–Crippen MR) is 131 cm³/mol. The number of piperidine rings is 1. The van der Waals surface area contributed by atoms with Crippen LogP contribution in [0.2, 0.25) is 0 Å². The molecule has 0 aliphatic carbocycles. The van der Waals surface area contributed by atoms with Crippen molar-refractivity contribution in [2.75, 3.05) is 20.2 Å². The minimum absolute atomic E-state index is 0.0290. The Hall–Kier alpha value is -4.20. The summed E-state index contributed by atoms with van der Waals surface area (Å²) < 4.78 is 13.4. The van der Waals surface area contributed by atoms with Crippen LogP contribution in [0.1, 0.15) is 40.4 Å². The van der Waals surface area contributed by atoms with Crippen molar-refractivity contribution in [2.45, 2.75) is 25.3 Å². The maximum atomic E-state index is 13.4. The Morgan fingerprint density at radius 1 is 1.06 bits per heavy atom. The number of ether oxygens (including phenoxy) is 2. The number of carbonyl (C=O) groups is 1. The van der Waals surface area contributed by atoms with E-state index in [4.69, 9.17) is 9.47 Å². The number of benzene rings is 2. The Morgan fingerprint density at radius 2 is 1.91 bits per heavy atom. The van der Waals surface area contributed by atoms with E-state index in [1.165, 1.54) is 0 Å². The molecule has 0 N–H and O–H groups in total. The molecule has 2 aromatic carbocycles. The topological polar surface area (TPSA) is 82.4 Å². The van der Waals surface area contributed by atoms with Crippen molar-refractivity contribution in [3.05, 3.63) is 96.5 Å². The summed E-state index contributed by atoms with van der Waals surface area (Å²) in [5, 5.41) is 0. The SMILES string of the molecule is COc1cccc(Oc2nccnc2C2CCCN(C(=O)c3cccc(Cn4ccnc4)c3)C2)c1. The summed E-state index contributed by atoms with van der Waals surface area (Å²) in [5.41, 5.74) is 2.52. The third kappa shape index (κ3) is 5.32. The van der Waals surface area contributed by atoms with E-state index in [9.17, 15) is 4.79 Å². The van der Waals surface area contributed by atoms with Gasteiger partial charge in [0.25, 0.3) is 5.91 Å². The summed E-state index contributed by atoms with van der Waals surface area (Å²) in [4.78, 5) is 28.4. The maximum absolute atomic E-state index is 13.4. The highest BCUT2D eigenvalue weighted by atomic mass is 16.5. The van der Waals surface area contributed by atoms with Crippen LogP contribution in [-0.2, 0) is 6.54 Å². The van der Waals surface area contributed by atoms with Gasteiger partial charge in [-0.3, -0.25) is 9.78 Å². The van der Waals surface area contributed by atoms with Gasteiger partial charge in [-0.1, -0.05) is 18.2 Å². The number of methoxy groups -OCH3 is 1. The van der Waals surface area contributed by atoms with Gasteiger partial charge in [-0.15, -0.1) is 0 Å². The average Bonchev–Trinajstić information content (AvgIpc) is 3.42. The van der Waals surface area contributed by atoms with Gasteiger partial charge in [-0.25, -0.2) is 9.97 Å². The fraction of sp³-hybridized carbons (Fsp3) is 0.259. The second-order valence-corrected chi connectivity index (χ2v) is 8.55. The molecule has 0 saturated carbocycles. The second kappa shape index (κ2) is 10.4. The van der Waals surface area contributed by atoms with Crippen molar-refractivity contribution >= 4 is 5.91 Å². The smallest absolute Gasteiger partial charge is 0.253 e. The molecular weight excluding hydrogens is 442 g/mol. The normalized spacial score (nSPS) is 15.6. The number of carbonyl (C=O) groups excluding carboxylic acids is 1. The highest BCUT2D eigenvalue weighted by Gasteiger charge is 2.29. The summed E-state index contributed by atoms with van der Waals surface area (Å²) in [6.07, 6.45) is 10.5. The summed E-state index contributed by atoms with van der Waals surface area (Å²) >= 11 is 0. The Bertz CT molecular complexity index is 1290. The molecule has 4 aromatic rings. The van der Waals surface area contributed by atoms with Crippen LogP contribution < -0.4 is 9.47 Å². The van der Waals surface area contributed by atoms with Gasteiger partial charge in [0.15, 0.2) is 0 Å². The highest BCUT2D eigenvalue weighted by Crippen LogP contribution is 2.33. The molecular formula is C27H27N5O3. The number of hydrogen-bond donors (Lipinski definition) is 0. The largest absolute Gasteiger partial charge is 0.497 e. The van der Waals surface area contributed by atoms with Gasteiger partial charge in [0.2, 0.25) is 5.88 Å². The summed E-state index contributed by atoms with van der Waals surface area (Å²) in [6, 6.07) is 15.2. The van der Waals surface area contributed by atoms with Crippen molar-refractivity contribution in [3.8, 4) is 17.4 Å². The van der Waals surface area contributed by atoms with E-state index in [-0.39, 0.29) is 11.8 Å². The molecule has 1 fully saturated rings. The molecule has 0 radical (unpaired) electrons. The van der Waals surface area contributed by atoms with Crippen molar-refractivity contribution in [1.82, 2.24) is 24.4 Å². The van der Waals surface area contributed by atoms with Crippen molar-refractivity contribution < 1.29 is 14.3 Å². The molecule has 0 spiro atoms. The Balaban J connectivity index is 1.32. The summed E-state index contributed by atoms with van der Waals surface area (Å²) in [6.45, 7) is 1.96. The van der Waals surface area contributed by atoms with Gasteiger partial charge in [0.1, 0.15) is 17.2 Å². The number of aromatic nitrogens is 4. The number of likely N-dealkylation sites (tertiary alicyclic amines) is 1. The molecule has 2 aromatic heterocycles. The third-order valence-electron chi connectivity index (χ3n) is 6.14. The first-order valence-corrected chi connectivity index (χ1v) is 11.7. The summed E-state index contributed by atoms with van der Waals surface area (Å²) in [5.74, 6) is 1.86. The molecule has 1 unspecified atom stereocenters. The Kier molecular flexibility index (Phi) is 6.70. The zero-order valence-electron chi connectivity index (χ0n) is 19.6. The van der Waals surface area contributed by atoms with Crippen molar-refractivity contribution in [1.29, 1.82) is 0 Å². The van der Waals surface area contributed by atoms with Gasteiger partial charge in [0, 0.05) is 62.0 Å². The lowest BCUT2D eigenvalue weighted by Gasteiger charge is -2.33. The molecule has 35 heavy (non-hydrogen) atoms. The first-order chi connectivity index (χ1) is 17.2. The van der Waals surface area contributed by atoms with Crippen molar-refractivity contribution in [3.63, 3.8) is 0 Å². The number of hydrogen-bond acceptors (Lipinski definition) is 6. The van der Waals surface area contributed by atoms with Crippen LogP contribution in [0.4, 0.5) is 0 Å². The molecule has 0 bridgehead atoms. The molecule has 1 aliphatic heterocycles. The molecule has 1 saturated heterocycles. The summed E-state index contributed by atoms with van der Waals surface area (Å²) in [7, 11) is 1.62. The van der Waals surface area contributed by atoms with Gasteiger partial charge in [0.05, 0.1) is 13.4 Å². The number of rotatable bonds is 7. The monoisotopic (exact) mass is 469 g/mol. The van der Waals surface area contributed by atoms with Crippen LogP contribution >= 0.6 is 0 Å². The van der Waals surface area contributed by atoms with E-state index < -0.39 is 0 Å². The van der Waals surface area contributed by atoms with Crippen LogP contribution in [0, 0.1) is 0 Å². The first kappa shape index (κ1) is 22.6. The van der Waals surface area contributed by atoms with Crippen LogP contribution in [0.5, 0.6) is 17.4 Å². The molecule has 5 rings (SSSR count). The van der Waals surface area contributed by atoms with Crippen LogP contribution in [0.3, 0.4) is 0 Å². The third-order valence-corrected chi connectivity index (χ3v) is 6.14. The second-order valence-electron chi connectivity index (χ2n) is 8.55. The minimum Gasteiger partial charge on any atom is -0.497 e. The Labute approximate surface area is 204 Å². The van der Waals surface area contributed by atoms with E-state index in [2.05, 4.69) is 15.0 Å². The molecule has 1 atom stereocenters. The lowest BCUT2D eigenvalue weighted by molar-refractivity contribution is 0.0704. The molecule has 3 heterocycles. The van der Waals surface area contributed by atoms with E-state index in [1.807, 2.05) is 64.2 Å². The van der Waals surface area contributed by atoms with E-state index in [0.717, 1.165) is 24.1 Å². The average molecular weight is 470 g/mol. The molecule has 178 valence electrons. The molecule has 1 aliphatic rings.